The first kappa shape index (κ1) is 24.4. The number of aromatic amines is 1. The summed E-state index contributed by atoms with van der Waals surface area (Å²) in [6.07, 6.45) is 3.49. The molecule has 0 spiro atoms. The summed E-state index contributed by atoms with van der Waals surface area (Å²) in [7, 11) is 1.63. The van der Waals surface area contributed by atoms with Crippen molar-refractivity contribution in [2.45, 2.75) is 32.2 Å². The monoisotopic (exact) mass is 494 g/mol. The van der Waals surface area contributed by atoms with E-state index >= 15 is 0 Å². The lowest BCUT2D eigenvalue weighted by Crippen LogP contribution is -2.33. The molecule has 1 aliphatic rings. The number of aromatic nitrogens is 1. The zero-order valence-electron chi connectivity index (χ0n) is 21.0. The summed E-state index contributed by atoms with van der Waals surface area (Å²) in [5, 5.41) is 12.0. The number of carbonyl (C=O) groups is 2. The molecule has 0 unspecified atom stereocenters. The first-order chi connectivity index (χ1) is 18.0. The van der Waals surface area contributed by atoms with Crippen LogP contribution in [0.1, 0.15) is 35.2 Å². The molecular formula is C31H30N2O4. The molecule has 3 aromatic carbocycles. The number of carbonyl (C=O) groups excluding carboxylic acids is 2. The second-order valence-electron chi connectivity index (χ2n) is 9.32. The van der Waals surface area contributed by atoms with Crippen LogP contribution in [0.3, 0.4) is 0 Å². The highest BCUT2D eigenvalue weighted by Crippen LogP contribution is 2.38. The second kappa shape index (κ2) is 10.3. The van der Waals surface area contributed by atoms with Crippen molar-refractivity contribution in [1.29, 1.82) is 0 Å². The third-order valence-electron chi connectivity index (χ3n) is 7.11. The number of fused-ring (bicyclic) bond motifs is 1. The molecular weight excluding hydrogens is 464 g/mol. The normalized spacial score (nSPS) is 15.6. The fourth-order valence-corrected chi connectivity index (χ4v) is 5.06. The second-order valence-corrected chi connectivity index (χ2v) is 9.32. The van der Waals surface area contributed by atoms with Gasteiger partial charge in [0.25, 0.3) is 5.91 Å². The molecule has 5 rings (SSSR count). The summed E-state index contributed by atoms with van der Waals surface area (Å²) in [4.78, 5) is 31.7. The van der Waals surface area contributed by atoms with Crippen molar-refractivity contribution in [3.63, 3.8) is 0 Å². The Morgan fingerprint density at radius 3 is 2.49 bits per heavy atom. The first-order valence-corrected chi connectivity index (χ1v) is 12.5. The van der Waals surface area contributed by atoms with Crippen molar-refractivity contribution in [1.82, 2.24) is 9.88 Å². The number of Topliss-reactive ketones (excluding diaryl/α,β-unsaturated/α-hetero) is 1. The largest absolute Gasteiger partial charge is 0.503 e. The molecule has 0 fully saturated rings. The van der Waals surface area contributed by atoms with Crippen molar-refractivity contribution >= 4 is 22.6 Å². The van der Waals surface area contributed by atoms with Gasteiger partial charge in [-0.2, -0.15) is 0 Å². The molecule has 1 atom stereocenters. The zero-order chi connectivity index (χ0) is 25.9. The van der Waals surface area contributed by atoms with Crippen molar-refractivity contribution < 1.29 is 19.4 Å². The lowest BCUT2D eigenvalue weighted by molar-refractivity contribution is -0.129. The van der Waals surface area contributed by atoms with Gasteiger partial charge in [0.05, 0.1) is 18.7 Å². The Hall–Kier alpha value is -4.32. The van der Waals surface area contributed by atoms with Crippen LogP contribution in [0, 0.1) is 0 Å². The van der Waals surface area contributed by atoms with E-state index in [-0.39, 0.29) is 17.8 Å². The maximum Gasteiger partial charge on any atom is 0.290 e. The van der Waals surface area contributed by atoms with Gasteiger partial charge in [-0.25, -0.2) is 0 Å². The number of benzene rings is 3. The van der Waals surface area contributed by atoms with Crippen molar-refractivity contribution in [2.75, 3.05) is 13.7 Å². The standard InChI is InChI=1S/C31H30N2O4/c1-3-20-9-11-22(12-10-20)29-28(27(34)17-21-7-5-4-6-8-21)30(35)31(36)33(29)16-15-23-19-32-26-14-13-24(37-2)18-25(23)26/h4-14,18-19,29,32,35H,3,15-17H2,1-2H3/t29-/m1/s1. The highest BCUT2D eigenvalue weighted by molar-refractivity contribution is 6.09. The number of hydrogen-bond donors (Lipinski definition) is 2. The van der Waals surface area contributed by atoms with Crippen LogP contribution >= 0.6 is 0 Å². The van der Waals surface area contributed by atoms with E-state index in [2.05, 4.69) is 11.9 Å². The van der Waals surface area contributed by atoms with Crippen LogP contribution in [0.4, 0.5) is 0 Å². The van der Waals surface area contributed by atoms with E-state index in [1.165, 1.54) is 0 Å². The molecule has 0 saturated heterocycles. The molecule has 1 aromatic heterocycles. The van der Waals surface area contributed by atoms with Gasteiger partial charge >= 0.3 is 0 Å². The van der Waals surface area contributed by atoms with Crippen LogP contribution in [0.15, 0.2) is 90.3 Å². The van der Waals surface area contributed by atoms with Crippen LogP contribution in [-0.2, 0) is 28.9 Å². The zero-order valence-corrected chi connectivity index (χ0v) is 21.0. The number of hydrogen-bond acceptors (Lipinski definition) is 4. The van der Waals surface area contributed by atoms with Gasteiger partial charge < -0.3 is 19.7 Å². The molecule has 37 heavy (non-hydrogen) atoms. The topological polar surface area (TPSA) is 82.6 Å². The number of aryl methyl sites for hydroxylation is 1. The van der Waals surface area contributed by atoms with Crippen molar-refractivity contribution in [2.24, 2.45) is 0 Å². The summed E-state index contributed by atoms with van der Waals surface area (Å²) >= 11 is 0. The summed E-state index contributed by atoms with van der Waals surface area (Å²) in [6.45, 7) is 2.42. The number of nitrogens with zero attached hydrogens (tertiary/aromatic N) is 1. The van der Waals surface area contributed by atoms with Gasteiger partial charge in [-0.3, -0.25) is 9.59 Å². The molecule has 0 aliphatic carbocycles. The van der Waals surface area contributed by atoms with Crippen LogP contribution in [0.2, 0.25) is 0 Å². The highest BCUT2D eigenvalue weighted by Gasteiger charge is 2.43. The number of rotatable bonds is 9. The smallest absolute Gasteiger partial charge is 0.290 e. The van der Waals surface area contributed by atoms with E-state index in [9.17, 15) is 14.7 Å². The molecule has 6 heteroatoms. The molecule has 0 saturated carbocycles. The van der Waals surface area contributed by atoms with Crippen molar-refractivity contribution in [3.05, 3.63) is 113 Å². The van der Waals surface area contributed by atoms with E-state index in [0.717, 1.165) is 45.3 Å². The molecule has 188 valence electrons. The first-order valence-electron chi connectivity index (χ1n) is 12.5. The number of amides is 1. The number of H-pyrrole nitrogens is 1. The van der Waals surface area contributed by atoms with Crippen LogP contribution in [0.25, 0.3) is 10.9 Å². The number of aliphatic hydroxyl groups is 1. The molecule has 2 N–H and O–H groups in total. The lowest BCUT2D eigenvalue weighted by Gasteiger charge is -2.27. The highest BCUT2D eigenvalue weighted by atomic mass is 16.5. The quantitative estimate of drug-likeness (QED) is 0.322. The third-order valence-corrected chi connectivity index (χ3v) is 7.11. The molecule has 1 aliphatic heterocycles. The van der Waals surface area contributed by atoms with Gasteiger partial charge in [-0.05, 0) is 53.3 Å². The molecule has 6 nitrogen and oxygen atoms in total. The van der Waals surface area contributed by atoms with E-state index in [0.29, 0.717) is 13.0 Å². The minimum absolute atomic E-state index is 0.118. The number of aliphatic hydroxyl groups excluding tert-OH is 1. The maximum absolute atomic E-state index is 13.5. The van der Waals surface area contributed by atoms with Crippen LogP contribution in [0.5, 0.6) is 5.75 Å². The summed E-state index contributed by atoms with van der Waals surface area (Å²) < 4.78 is 5.38. The van der Waals surface area contributed by atoms with E-state index < -0.39 is 17.7 Å². The molecule has 4 aromatic rings. The Labute approximate surface area is 216 Å². The minimum atomic E-state index is -0.644. The fraction of sp³-hybridized carbons (Fsp3) is 0.226. The van der Waals surface area contributed by atoms with E-state index in [4.69, 9.17) is 4.74 Å². The number of ketones is 1. The Morgan fingerprint density at radius 1 is 1.03 bits per heavy atom. The van der Waals surface area contributed by atoms with Gasteiger partial charge in [-0.15, -0.1) is 0 Å². The summed E-state index contributed by atoms with van der Waals surface area (Å²) in [6, 6.07) is 22.5. The van der Waals surface area contributed by atoms with Crippen LogP contribution in [-0.4, -0.2) is 40.3 Å². The molecule has 0 bridgehead atoms. The molecule has 1 amide bonds. The Balaban J connectivity index is 1.47. The maximum atomic E-state index is 13.5. The Kier molecular flexibility index (Phi) is 6.82. The Bertz CT molecular complexity index is 1470. The predicted molar refractivity (Wildman–Crippen MR) is 144 cm³/mol. The van der Waals surface area contributed by atoms with E-state index in [1.54, 1.807) is 12.0 Å². The number of methoxy groups -OCH3 is 1. The molecule has 0 radical (unpaired) electrons. The minimum Gasteiger partial charge on any atom is -0.503 e. The lowest BCUT2D eigenvalue weighted by atomic mass is 9.92. The van der Waals surface area contributed by atoms with Crippen LogP contribution < -0.4 is 4.74 Å². The predicted octanol–water partition coefficient (Wildman–Crippen LogP) is 5.49. The van der Waals surface area contributed by atoms with Crippen molar-refractivity contribution in [3.8, 4) is 5.75 Å². The molecule has 2 heterocycles. The fourth-order valence-electron chi connectivity index (χ4n) is 5.06. The van der Waals surface area contributed by atoms with Gasteiger partial charge in [-0.1, -0.05) is 61.5 Å². The third kappa shape index (κ3) is 4.75. The van der Waals surface area contributed by atoms with Gasteiger partial charge in [0, 0.05) is 30.1 Å². The van der Waals surface area contributed by atoms with Gasteiger partial charge in [0.1, 0.15) is 5.75 Å². The average molecular weight is 495 g/mol. The summed E-state index contributed by atoms with van der Waals surface area (Å²) in [5.41, 5.74) is 5.00. The van der Waals surface area contributed by atoms with E-state index in [1.807, 2.05) is 79.0 Å². The van der Waals surface area contributed by atoms with Gasteiger partial charge in [0.2, 0.25) is 0 Å². The number of nitrogens with one attached hydrogen (secondary N) is 1. The Morgan fingerprint density at radius 2 is 1.78 bits per heavy atom. The summed E-state index contributed by atoms with van der Waals surface area (Å²) in [5.74, 6) is -0.460. The number of ether oxygens (including phenoxy) is 1. The van der Waals surface area contributed by atoms with Gasteiger partial charge in [0.15, 0.2) is 11.5 Å². The SMILES string of the molecule is CCc1ccc([C@@H]2C(C(=O)Cc3ccccc3)=C(O)C(=O)N2CCc2c[nH]c3ccc(OC)cc23)cc1. The average Bonchev–Trinajstić information content (AvgIpc) is 3.45.